The molecule has 0 spiro atoms. The number of hydrogen-bond donors (Lipinski definition) is 1. The van der Waals surface area contributed by atoms with Crippen molar-refractivity contribution in [2.45, 2.75) is 32.3 Å². The zero-order valence-corrected chi connectivity index (χ0v) is 15.3. The highest BCUT2D eigenvalue weighted by molar-refractivity contribution is 9.10. The third kappa shape index (κ3) is 3.35. The first-order valence-electron chi connectivity index (χ1n) is 8.38. The van der Waals surface area contributed by atoms with E-state index in [0.29, 0.717) is 26.1 Å². The first-order chi connectivity index (χ1) is 11.5. The Bertz CT molecular complexity index is 640. The predicted molar refractivity (Wildman–Crippen MR) is 93.0 cm³/mol. The fourth-order valence-corrected chi connectivity index (χ4v) is 4.15. The van der Waals surface area contributed by atoms with Crippen molar-refractivity contribution in [1.82, 2.24) is 4.90 Å². The number of carbonyl (C=O) groups excluding carboxylic acids is 1. The van der Waals surface area contributed by atoms with Crippen molar-refractivity contribution < 1.29 is 19.4 Å². The van der Waals surface area contributed by atoms with Gasteiger partial charge in [0.05, 0.1) is 12.0 Å². The molecule has 2 atom stereocenters. The number of likely N-dealkylation sites (tertiary alicyclic amines) is 1. The molecule has 2 aliphatic rings. The second-order valence-electron chi connectivity index (χ2n) is 6.61. The average molecular weight is 396 g/mol. The summed E-state index contributed by atoms with van der Waals surface area (Å²) in [6, 6.07) is 5.66. The van der Waals surface area contributed by atoms with Crippen LogP contribution in [0.1, 0.15) is 35.2 Å². The normalized spacial score (nSPS) is 25.0. The summed E-state index contributed by atoms with van der Waals surface area (Å²) in [6.45, 7) is 3.77. The molecule has 0 radical (unpaired) electrons. The largest absolute Gasteiger partial charge is 0.481 e. The molecule has 0 aliphatic carbocycles. The fraction of sp³-hybridized carbons (Fsp3) is 0.556. The Labute approximate surface area is 150 Å². The number of halogens is 1. The van der Waals surface area contributed by atoms with E-state index >= 15 is 0 Å². The topological polar surface area (TPSA) is 66.8 Å². The highest BCUT2D eigenvalue weighted by Crippen LogP contribution is 2.33. The van der Waals surface area contributed by atoms with Crippen molar-refractivity contribution >= 4 is 27.8 Å². The second-order valence-corrected chi connectivity index (χ2v) is 7.47. The van der Waals surface area contributed by atoms with Gasteiger partial charge in [0.25, 0.3) is 5.91 Å². The third-order valence-electron chi connectivity index (χ3n) is 5.24. The zero-order valence-electron chi connectivity index (χ0n) is 13.7. The zero-order chi connectivity index (χ0) is 17.3. The number of hydrogen-bond acceptors (Lipinski definition) is 3. The lowest BCUT2D eigenvalue weighted by Gasteiger charge is -2.35. The lowest BCUT2D eigenvalue weighted by atomic mass is 9.84. The van der Waals surface area contributed by atoms with Crippen LogP contribution < -0.4 is 0 Å². The van der Waals surface area contributed by atoms with E-state index in [0.717, 1.165) is 28.4 Å². The second kappa shape index (κ2) is 7.23. The first-order valence-corrected chi connectivity index (χ1v) is 9.17. The number of piperidine rings is 1. The van der Waals surface area contributed by atoms with Gasteiger partial charge in [-0.05, 0) is 49.8 Å². The first kappa shape index (κ1) is 17.4. The van der Waals surface area contributed by atoms with E-state index in [1.54, 1.807) is 0 Å². The smallest absolute Gasteiger partial charge is 0.309 e. The van der Waals surface area contributed by atoms with Crippen LogP contribution in [0.25, 0.3) is 0 Å². The molecule has 130 valence electrons. The van der Waals surface area contributed by atoms with Crippen molar-refractivity contribution in [2.75, 3.05) is 19.7 Å². The Kier molecular flexibility index (Phi) is 5.25. The number of nitrogens with zero attached hydrogens (tertiary/aromatic N) is 1. The molecule has 1 unspecified atom stereocenters. The molecule has 2 aliphatic heterocycles. The van der Waals surface area contributed by atoms with Crippen LogP contribution in [0.4, 0.5) is 0 Å². The van der Waals surface area contributed by atoms with Crippen LogP contribution in [0.3, 0.4) is 0 Å². The number of aliphatic carboxylic acids is 1. The minimum Gasteiger partial charge on any atom is -0.481 e. The third-order valence-corrected chi connectivity index (χ3v) is 6.10. The number of carboxylic acids is 1. The average Bonchev–Trinajstić information content (AvgIpc) is 3.07. The van der Waals surface area contributed by atoms with E-state index in [1.165, 1.54) is 0 Å². The Hall–Kier alpha value is -1.40. The van der Waals surface area contributed by atoms with Gasteiger partial charge < -0.3 is 14.7 Å². The molecule has 1 N–H and O–H groups in total. The number of carboxylic acid groups (broad SMARTS) is 1. The standard InChI is InChI=1S/C18H22BrNO4/c1-11-13(3-2-4-15(11)19)17(21)20-8-5-12(6-9-20)16-14(18(22)23)7-10-24-16/h2-4,12,14,16H,5-10H2,1H3,(H,22,23)/t14?,16-/m0/s1. The highest BCUT2D eigenvalue weighted by atomic mass is 79.9. The maximum Gasteiger partial charge on any atom is 0.309 e. The number of rotatable bonds is 3. The number of ether oxygens (including phenoxy) is 1. The molecule has 2 fully saturated rings. The van der Waals surface area contributed by atoms with Gasteiger partial charge >= 0.3 is 5.97 Å². The Morgan fingerprint density at radius 2 is 1.96 bits per heavy atom. The maximum absolute atomic E-state index is 12.8. The molecule has 0 bridgehead atoms. The summed E-state index contributed by atoms with van der Waals surface area (Å²) in [4.78, 5) is 26.0. The molecular formula is C18H22BrNO4. The Morgan fingerprint density at radius 3 is 2.62 bits per heavy atom. The van der Waals surface area contributed by atoms with Crippen molar-refractivity contribution in [3.05, 3.63) is 33.8 Å². The van der Waals surface area contributed by atoms with E-state index in [1.807, 2.05) is 30.0 Å². The number of amides is 1. The molecular weight excluding hydrogens is 374 g/mol. The molecule has 24 heavy (non-hydrogen) atoms. The molecule has 5 nitrogen and oxygen atoms in total. The van der Waals surface area contributed by atoms with Gasteiger partial charge in [0.1, 0.15) is 0 Å². The van der Waals surface area contributed by atoms with E-state index in [2.05, 4.69) is 15.9 Å². The lowest BCUT2D eigenvalue weighted by Crippen LogP contribution is -2.43. The molecule has 2 saturated heterocycles. The summed E-state index contributed by atoms with van der Waals surface area (Å²) in [7, 11) is 0. The van der Waals surface area contributed by atoms with Gasteiger partial charge in [0, 0.05) is 29.7 Å². The van der Waals surface area contributed by atoms with Crippen LogP contribution in [-0.2, 0) is 9.53 Å². The highest BCUT2D eigenvalue weighted by Gasteiger charge is 2.40. The Morgan fingerprint density at radius 1 is 1.25 bits per heavy atom. The van der Waals surface area contributed by atoms with Crippen molar-refractivity contribution in [1.29, 1.82) is 0 Å². The summed E-state index contributed by atoms with van der Waals surface area (Å²) in [6.07, 6.45) is 1.99. The van der Waals surface area contributed by atoms with E-state index in [4.69, 9.17) is 4.74 Å². The summed E-state index contributed by atoms with van der Waals surface area (Å²) < 4.78 is 6.63. The van der Waals surface area contributed by atoms with Crippen LogP contribution >= 0.6 is 15.9 Å². The maximum atomic E-state index is 12.8. The van der Waals surface area contributed by atoms with E-state index in [9.17, 15) is 14.7 Å². The fourth-order valence-electron chi connectivity index (χ4n) is 3.78. The molecule has 0 saturated carbocycles. The van der Waals surface area contributed by atoms with E-state index in [-0.39, 0.29) is 17.9 Å². The minimum atomic E-state index is -0.763. The van der Waals surface area contributed by atoms with Gasteiger partial charge in [-0.1, -0.05) is 22.0 Å². The molecule has 6 heteroatoms. The predicted octanol–water partition coefficient (Wildman–Crippen LogP) is 3.10. The SMILES string of the molecule is Cc1c(Br)cccc1C(=O)N1CCC([C@@H]2OCCC2C(=O)O)CC1. The van der Waals surface area contributed by atoms with Gasteiger partial charge in [-0.3, -0.25) is 9.59 Å². The van der Waals surface area contributed by atoms with E-state index < -0.39 is 11.9 Å². The molecule has 1 amide bonds. The Balaban J connectivity index is 1.64. The summed E-state index contributed by atoms with van der Waals surface area (Å²) >= 11 is 3.47. The molecule has 0 aromatic heterocycles. The molecule has 1 aromatic carbocycles. The van der Waals surface area contributed by atoms with Crippen molar-refractivity contribution in [3.8, 4) is 0 Å². The summed E-state index contributed by atoms with van der Waals surface area (Å²) in [5.74, 6) is -0.888. The summed E-state index contributed by atoms with van der Waals surface area (Å²) in [5, 5.41) is 9.31. The molecule has 3 rings (SSSR count). The molecule has 1 aromatic rings. The van der Waals surface area contributed by atoms with Crippen LogP contribution in [0.15, 0.2) is 22.7 Å². The van der Waals surface area contributed by atoms with Gasteiger partial charge in [0.15, 0.2) is 0 Å². The van der Waals surface area contributed by atoms with Gasteiger partial charge in [0.2, 0.25) is 0 Å². The quantitative estimate of drug-likeness (QED) is 0.853. The summed E-state index contributed by atoms with van der Waals surface area (Å²) in [5.41, 5.74) is 1.68. The van der Waals surface area contributed by atoms with Gasteiger partial charge in [-0.25, -0.2) is 0 Å². The monoisotopic (exact) mass is 395 g/mol. The van der Waals surface area contributed by atoms with Gasteiger partial charge in [-0.2, -0.15) is 0 Å². The van der Waals surface area contributed by atoms with Crippen molar-refractivity contribution in [3.63, 3.8) is 0 Å². The van der Waals surface area contributed by atoms with Gasteiger partial charge in [-0.15, -0.1) is 0 Å². The van der Waals surface area contributed by atoms with Crippen LogP contribution in [-0.4, -0.2) is 47.7 Å². The van der Waals surface area contributed by atoms with Crippen LogP contribution in [0.5, 0.6) is 0 Å². The number of benzene rings is 1. The number of carbonyl (C=O) groups is 2. The molecule has 2 heterocycles. The lowest BCUT2D eigenvalue weighted by molar-refractivity contribution is -0.145. The minimum absolute atomic E-state index is 0.0503. The van der Waals surface area contributed by atoms with Crippen LogP contribution in [0.2, 0.25) is 0 Å². The van der Waals surface area contributed by atoms with Crippen LogP contribution in [0, 0.1) is 18.8 Å². The van der Waals surface area contributed by atoms with Crippen molar-refractivity contribution in [2.24, 2.45) is 11.8 Å².